The molecular weight excluding hydrogens is 340 g/mol. The molecule has 8 heteroatoms. The first-order valence-electron chi connectivity index (χ1n) is 8.06. The van der Waals surface area contributed by atoms with E-state index >= 15 is 0 Å². The zero-order chi connectivity index (χ0) is 18.2. The van der Waals surface area contributed by atoms with E-state index in [9.17, 15) is 13.2 Å². The molecule has 1 amide bonds. The Morgan fingerprint density at radius 2 is 1.92 bits per heavy atom. The predicted octanol–water partition coefficient (Wildman–Crippen LogP) is 1.87. The zero-order valence-corrected chi connectivity index (χ0v) is 15.0. The largest absolute Gasteiger partial charge is 0.290 e. The van der Waals surface area contributed by atoms with Crippen LogP contribution >= 0.6 is 0 Å². The maximum absolute atomic E-state index is 12.5. The van der Waals surface area contributed by atoms with Crippen LogP contribution < -0.4 is 10.5 Å². The smallest absolute Gasteiger partial charge is 0.258 e. The lowest BCUT2D eigenvalue weighted by Gasteiger charge is -2.15. The molecule has 7 nitrogen and oxygen atoms in total. The SMILES string of the molecule is Cc1cc(C(=O)Nc2ncc3c(n2)CCCC3)cc(S(N)(=O)=O)c1C. The zero-order valence-electron chi connectivity index (χ0n) is 14.2. The van der Waals surface area contributed by atoms with Gasteiger partial charge in [0.25, 0.3) is 5.91 Å². The van der Waals surface area contributed by atoms with Crippen LogP contribution in [0.25, 0.3) is 0 Å². The Balaban J connectivity index is 1.90. The number of sulfonamides is 1. The van der Waals surface area contributed by atoms with E-state index in [1.54, 1.807) is 26.1 Å². The third kappa shape index (κ3) is 3.69. The van der Waals surface area contributed by atoms with Crippen molar-refractivity contribution in [1.29, 1.82) is 0 Å². The van der Waals surface area contributed by atoms with Gasteiger partial charge in [0.05, 0.1) is 4.90 Å². The van der Waals surface area contributed by atoms with Crippen molar-refractivity contribution >= 4 is 21.9 Å². The Labute approximate surface area is 146 Å². The Bertz CT molecular complexity index is 955. The van der Waals surface area contributed by atoms with Crippen LogP contribution in [0.3, 0.4) is 0 Å². The molecule has 3 N–H and O–H groups in total. The van der Waals surface area contributed by atoms with Gasteiger partial charge < -0.3 is 0 Å². The van der Waals surface area contributed by atoms with Gasteiger partial charge in [0.2, 0.25) is 16.0 Å². The molecule has 1 aromatic carbocycles. The fraction of sp³-hybridized carbons (Fsp3) is 0.353. The molecule has 1 heterocycles. The van der Waals surface area contributed by atoms with Crippen molar-refractivity contribution in [3.63, 3.8) is 0 Å². The highest BCUT2D eigenvalue weighted by molar-refractivity contribution is 7.89. The number of hydrogen-bond acceptors (Lipinski definition) is 5. The third-order valence-corrected chi connectivity index (χ3v) is 5.51. The summed E-state index contributed by atoms with van der Waals surface area (Å²) < 4.78 is 23.4. The molecule has 0 fully saturated rings. The van der Waals surface area contributed by atoms with Crippen molar-refractivity contribution in [3.8, 4) is 0 Å². The molecule has 0 saturated carbocycles. The number of anilines is 1. The molecular formula is C17H20N4O3S. The summed E-state index contributed by atoms with van der Waals surface area (Å²) in [5.41, 5.74) is 3.48. The van der Waals surface area contributed by atoms with Gasteiger partial charge in [-0.1, -0.05) is 0 Å². The third-order valence-electron chi connectivity index (χ3n) is 4.48. The molecule has 0 spiro atoms. The van der Waals surface area contributed by atoms with Crippen molar-refractivity contribution in [2.75, 3.05) is 5.32 Å². The number of carbonyl (C=O) groups is 1. The Kier molecular flexibility index (Phi) is 4.57. The van der Waals surface area contributed by atoms with E-state index in [0.29, 0.717) is 11.1 Å². The minimum absolute atomic E-state index is 0.0518. The number of nitrogens with one attached hydrogen (secondary N) is 1. The summed E-state index contributed by atoms with van der Waals surface area (Å²) in [7, 11) is -3.91. The lowest BCUT2D eigenvalue weighted by atomic mass is 9.98. The number of nitrogens with two attached hydrogens (primary N) is 1. The number of hydrogen-bond donors (Lipinski definition) is 2. The number of aromatic nitrogens is 2. The normalized spacial score (nSPS) is 14.0. The van der Waals surface area contributed by atoms with Crippen molar-refractivity contribution < 1.29 is 13.2 Å². The number of amides is 1. The van der Waals surface area contributed by atoms with Gasteiger partial charge >= 0.3 is 0 Å². The summed E-state index contributed by atoms with van der Waals surface area (Å²) in [5.74, 6) is -0.246. The predicted molar refractivity (Wildman–Crippen MR) is 93.9 cm³/mol. The molecule has 1 aliphatic carbocycles. The van der Waals surface area contributed by atoms with E-state index < -0.39 is 15.9 Å². The van der Waals surface area contributed by atoms with E-state index in [0.717, 1.165) is 36.9 Å². The highest BCUT2D eigenvalue weighted by Gasteiger charge is 2.19. The van der Waals surface area contributed by atoms with Gasteiger partial charge in [-0.2, -0.15) is 0 Å². The van der Waals surface area contributed by atoms with E-state index in [1.807, 2.05) is 0 Å². The fourth-order valence-corrected chi connectivity index (χ4v) is 3.84. The maximum Gasteiger partial charge on any atom is 0.258 e. The Morgan fingerprint density at radius 1 is 1.20 bits per heavy atom. The molecule has 0 atom stereocenters. The minimum atomic E-state index is -3.91. The van der Waals surface area contributed by atoms with Gasteiger partial charge in [-0.25, -0.2) is 23.5 Å². The first-order valence-corrected chi connectivity index (χ1v) is 9.60. The summed E-state index contributed by atoms with van der Waals surface area (Å²) in [6, 6.07) is 2.91. The number of nitrogens with zero attached hydrogens (tertiary/aromatic N) is 2. The van der Waals surface area contributed by atoms with E-state index in [1.165, 1.54) is 6.07 Å². The van der Waals surface area contributed by atoms with E-state index in [2.05, 4.69) is 15.3 Å². The fourth-order valence-electron chi connectivity index (χ4n) is 2.96. The lowest BCUT2D eigenvalue weighted by molar-refractivity contribution is 0.102. The molecule has 3 rings (SSSR count). The summed E-state index contributed by atoms with van der Waals surface area (Å²) in [6.45, 7) is 3.39. The topological polar surface area (TPSA) is 115 Å². The Hall–Kier alpha value is -2.32. The summed E-state index contributed by atoms with van der Waals surface area (Å²) in [4.78, 5) is 21.0. The van der Waals surface area contributed by atoms with Crippen molar-refractivity contribution in [1.82, 2.24) is 9.97 Å². The number of carbonyl (C=O) groups excluding carboxylic acids is 1. The first kappa shape index (κ1) is 17.5. The number of rotatable bonds is 3. The van der Waals surface area contributed by atoms with Crippen LogP contribution in [-0.2, 0) is 22.9 Å². The second kappa shape index (κ2) is 6.53. The van der Waals surface area contributed by atoms with Crippen LogP contribution in [0.1, 0.15) is 45.6 Å². The summed E-state index contributed by atoms with van der Waals surface area (Å²) >= 11 is 0. The van der Waals surface area contributed by atoms with Gasteiger partial charge in [0.1, 0.15) is 0 Å². The van der Waals surface area contributed by atoms with Crippen molar-refractivity contribution in [3.05, 3.63) is 46.3 Å². The number of fused-ring (bicyclic) bond motifs is 1. The first-order chi connectivity index (χ1) is 11.8. The number of aryl methyl sites for hydroxylation is 3. The van der Waals surface area contributed by atoms with Gasteiger partial charge in [-0.05, 0) is 68.4 Å². The van der Waals surface area contributed by atoms with Crippen LogP contribution in [-0.4, -0.2) is 24.3 Å². The monoisotopic (exact) mass is 360 g/mol. The number of primary sulfonamides is 1. The molecule has 1 aliphatic rings. The molecule has 0 unspecified atom stereocenters. The standard InChI is InChI=1S/C17H20N4O3S/c1-10-7-13(8-15(11(10)2)25(18,23)24)16(22)21-17-19-9-12-5-3-4-6-14(12)20-17/h7-9H,3-6H2,1-2H3,(H2,18,23,24)(H,19,20,21,22). The molecule has 0 aliphatic heterocycles. The molecule has 0 radical (unpaired) electrons. The van der Waals surface area contributed by atoms with Gasteiger partial charge in [0, 0.05) is 17.5 Å². The number of benzene rings is 1. The average Bonchev–Trinajstić information content (AvgIpc) is 2.56. The summed E-state index contributed by atoms with van der Waals surface area (Å²) in [5, 5.41) is 7.88. The van der Waals surface area contributed by atoms with Crippen LogP contribution in [0.2, 0.25) is 0 Å². The lowest BCUT2D eigenvalue weighted by Crippen LogP contribution is -2.19. The van der Waals surface area contributed by atoms with Crippen LogP contribution in [0, 0.1) is 13.8 Å². The van der Waals surface area contributed by atoms with Crippen molar-refractivity contribution in [2.45, 2.75) is 44.4 Å². The van der Waals surface area contributed by atoms with Crippen molar-refractivity contribution in [2.24, 2.45) is 5.14 Å². The van der Waals surface area contributed by atoms with Gasteiger partial charge in [0.15, 0.2) is 0 Å². The second-order valence-corrected chi connectivity index (χ2v) is 7.82. The van der Waals surface area contributed by atoms with Crippen LogP contribution in [0.15, 0.2) is 23.2 Å². The highest BCUT2D eigenvalue weighted by atomic mass is 32.2. The van der Waals surface area contributed by atoms with Gasteiger partial charge in [-0.3, -0.25) is 10.1 Å². The minimum Gasteiger partial charge on any atom is -0.290 e. The molecule has 2 aromatic rings. The second-order valence-electron chi connectivity index (χ2n) is 6.29. The molecule has 132 valence electrons. The maximum atomic E-state index is 12.5. The Morgan fingerprint density at radius 3 is 2.64 bits per heavy atom. The quantitative estimate of drug-likeness (QED) is 0.867. The van der Waals surface area contributed by atoms with Crippen LogP contribution in [0.4, 0.5) is 5.95 Å². The van der Waals surface area contributed by atoms with Crippen LogP contribution in [0.5, 0.6) is 0 Å². The molecule has 0 saturated heterocycles. The summed E-state index contributed by atoms with van der Waals surface area (Å²) in [6.07, 6.45) is 5.78. The van der Waals surface area contributed by atoms with E-state index in [-0.39, 0.29) is 16.4 Å². The molecule has 1 aromatic heterocycles. The van der Waals surface area contributed by atoms with E-state index in [4.69, 9.17) is 5.14 Å². The molecule has 0 bridgehead atoms. The van der Waals surface area contributed by atoms with Gasteiger partial charge in [-0.15, -0.1) is 0 Å². The molecule has 25 heavy (non-hydrogen) atoms. The average molecular weight is 360 g/mol. The highest BCUT2D eigenvalue weighted by Crippen LogP contribution is 2.22.